The van der Waals surface area contributed by atoms with Gasteiger partial charge >= 0.3 is 0 Å². The zero-order chi connectivity index (χ0) is 20.9. The van der Waals surface area contributed by atoms with Crippen molar-refractivity contribution in [2.75, 3.05) is 19.5 Å². The van der Waals surface area contributed by atoms with E-state index in [-0.39, 0.29) is 12.3 Å². The lowest BCUT2D eigenvalue weighted by molar-refractivity contribution is -0.115. The van der Waals surface area contributed by atoms with E-state index < -0.39 is 0 Å². The second kappa shape index (κ2) is 8.84. The highest BCUT2D eigenvalue weighted by Gasteiger charge is 2.13. The monoisotopic (exact) mass is 419 g/mol. The number of nitrogens with zero attached hydrogens (tertiary/aromatic N) is 2. The van der Waals surface area contributed by atoms with Gasteiger partial charge in [-0.3, -0.25) is 4.79 Å². The first-order valence-electron chi connectivity index (χ1n) is 9.36. The molecule has 0 saturated carbocycles. The van der Waals surface area contributed by atoms with E-state index in [1.807, 2.05) is 76.9 Å². The lowest BCUT2D eigenvalue weighted by Crippen LogP contribution is -2.14. The molecular weight excluding hydrogens is 398 g/mol. The van der Waals surface area contributed by atoms with E-state index in [9.17, 15) is 4.79 Å². The maximum Gasteiger partial charge on any atom is 0.230 e. The van der Waals surface area contributed by atoms with E-state index in [4.69, 9.17) is 9.47 Å². The smallest absolute Gasteiger partial charge is 0.230 e. The Kier molecular flexibility index (Phi) is 5.81. The Morgan fingerprint density at radius 2 is 1.83 bits per heavy atom. The summed E-state index contributed by atoms with van der Waals surface area (Å²) in [7, 11) is 3.22. The molecule has 1 N–H and O–H groups in total. The second-order valence-corrected chi connectivity index (χ2v) is 7.44. The van der Waals surface area contributed by atoms with Crippen LogP contribution in [0.15, 0.2) is 72.4 Å². The predicted molar refractivity (Wildman–Crippen MR) is 119 cm³/mol. The van der Waals surface area contributed by atoms with Crippen LogP contribution in [0.3, 0.4) is 0 Å². The molecule has 0 bridgehead atoms. The zero-order valence-corrected chi connectivity index (χ0v) is 17.5. The molecule has 0 spiro atoms. The van der Waals surface area contributed by atoms with Crippen molar-refractivity contribution in [3.05, 3.63) is 77.9 Å². The lowest BCUT2D eigenvalue weighted by Gasteiger charge is -2.08. The summed E-state index contributed by atoms with van der Waals surface area (Å²) in [4.78, 5) is 17.0. The van der Waals surface area contributed by atoms with E-state index in [1.54, 1.807) is 14.2 Å². The Balaban J connectivity index is 1.42. The second-order valence-electron chi connectivity index (χ2n) is 6.59. The van der Waals surface area contributed by atoms with E-state index in [0.717, 1.165) is 22.5 Å². The number of methoxy groups -OCH3 is 2. The summed E-state index contributed by atoms with van der Waals surface area (Å²) in [5, 5.41) is 5.33. The summed E-state index contributed by atoms with van der Waals surface area (Å²) in [5.74, 6) is 1.27. The Morgan fingerprint density at radius 1 is 1.07 bits per heavy atom. The fraction of sp³-hybridized carbons (Fsp3) is 0.130. The number of hydrogen-bond donors (Lipinski definition) is 1. The number of amides is 1. The highest BCUT2D eigenvalue weighted by molar-refractivity contribution is 7.14. The van der Waals surface area contributed by atoms with Crippen LogP contribution in [0.5, 0.6) is 11.5 Å². The minimum Gasteiger partial charge on any atom is -0.497 e. The standard InChI is InChI=1S/C23H21N3O3S/c1-28-18-9-10-19(21(14-18)29-2)20-15-30-23(24-20)25-22(27)13-16-5-7-17(8-6-16)26-11-3-4-12-26/h3-12,14-15H,13H2,1-2H3,(H,24,25,27). The molecule has 0 aliphatic rings. The molecule has 4 aromatic rings. The molecule has 2 aromatic carbocycles. The Labute approximate surface area is 178 Å². The first-order valence-corrected chi connectivity index (χ1v) is 10.2. The molecule has 0 atom stereocenters. The number of thiazole rings is 1. The SMILES string of the molecule is COc1ccc(-c2csc(NC(=O)Cc3ccc(-n4cccc4)cc3)n2)c(OC)c1. The number of aromatic nitrogens is 2. The molecule has 0 saturated heterocycles. The van der Waals surface area contributed by atoms with E-state index >= 15 is 0 Å². The van der Waals surface area contributed by atoms with Crippen molar-refractivity contribution >= 4 is 22.4 Å². The van der Waals surface area contributed by atoms with Gasteiger partial charge in [0.05, 0.1) is 26.3 Å². The molecule has 30 heavy (non-hydrogen) atoms. The van der Waals surface area contributed by atoms with Crippen molar-refractivity contribution in [1.29, 1.82) is 0 Å². The van der Waals surface area contributed by atoms with E-state index in [1.165, 1.54) is 11.3 Å². The van der Waals surface area contributed by atoms with Gasteiger partial charge in [0.25, 0.3) is 0 Å². The highest BCUT2D eigenvalue weighted by Crippen LogP contribution is 2.34. The van der Waals surface area contributed by atoms with Crippen molar-refractivity contribution in [3.63, 3.8) is 0 Å². The van der Waals surface area contributed by atoms with Crippen LogP contribution >= 0.6 is 11.3 Å². The van der Waals surface area contributed by atoms with Crippen LogP contribution < -0.4 is 14.8 Å². The van der Waals surface area contributed by atoms with Crippen LogP contribution in [-0.4, -0.2) is 29.7 Å². The number of carbonyl (C=O) groups excluding carboxylic acids is 1. The van der Waals surface area contributed by atoms with Crippen molar-refractivity contribution in [1.82, 2.24) is 9.55 Å². The number of ether oxygens (including phenoxy) is 2. The molecule has 4 rings (SSSR count). The summed E-state index contributed by atoms with van der Waals surface area (Å²) in [6.45, 7) is 0. The normalized spacial score (nSPS) is 10.6. The van der Waals surface area contributed by atoms with E-state index in [2.05, 4.69) is 10.3 Å². The largest absolute Gasteiger partial charge is 0.497 e. The van der Waals surface area contributed by atoms with Crippen LogP contribution in [0.2, 0.25) is 0 Å². The predicted octanol–water partition coefficient (Wildman–Crippen LogP) is 4.80. The Morgan fingerprint density at radius 3 is 2.53 bits per heavy atom. The van der Waals surface area contributed by atoms with Crippen LogP contribution in [0.25, 0.3) is 16.9 Å². The van der Waals surface area contributed by atoms with Gasteiger partial charge in [-0.25, -0.2) is 4.98 Å². The van der Waals surface area contributed by atoms with Crippen molar-refractivity contribution < 1.29 is 14.3 Å². The molecule has 6 nitrogen and oxygen atoms in total. The van der Waals surface area contributed by atoms with Crippen molar-refractivity contribution in [3.8, 4) is 28.4 Å². The average molecular weight is 420 g/mol. The molecule has 0 aliphatic carbocycles. The number of anilines is 1. The summed E-state index contributed by atoms with van der Waals surface area (Å²) in [6.07, 6.45) is 4.26. The van der Waals surface area contributed by atoms with Gasteiger partial charge < -0.3 is 19.4 Å². The maximum absolute atomic E-state index is 12.5. The zero-order valence-electron chi connectivity index (χ0n) is 16.7. The topological polar surface area (TPSA) is 65.4 Å². The molecule has 0 fully saturated rings. The highest BCUT2D eigenvalue weighted by atomic mass is 32.1. The lowest BCUT2D eigenvalue weighted by atomic mass is 10.1. The van der Waals surface area contributed by atoms with Crippen molar-refractivity contribution in [2.24, 2.45) is 0 Å². The Hall–Kier alpha value is -3.58. The van der Waals surface area contributed by atoms with Gasteiger partial charge in [-0.05, 0) is 42.0 Å². The van der Waals surface area contributed by atoms with Gasteiger partial charge in [0, 0.05) is 35.1 Å². The van der Waals surface area contributed by atoms with E-state index in [0.29, 0.717) is 16.6 Å². The van der Waals surface area contributed by atoms with Gasteiger partial charge in [0.2, 0.25) is 5.91 Å². The van der Waals surface area contributed by atoms with Gasteiger partial charge in [0.15, 0.2) is 5.13 Å². The number of hydrogen-bond acceptors (Lipinski definition) is 5. The fourth-order valence-corrected chi connectivity index (χ4v) is 3.83. The third-order valence-electron chi connectivity index (χ3n) is 4.64. The Bertz CT molecular complexity index is 1130. The third kappa shape index (κ3) is 4.36. The minimum atomic E-state index is -0.105. The summed E-state index contributed by atoms with van der Waals surface area (Å²) >= 11 is 1.38. The molecule has 2 aromatic heterocycles. The number of nitrogens with one attached hydrogen (secondary N) is 1. The van der Waals surface area contributed by atoms with Crippen LogP contribution in [0, 0.1) is 0 Å². The van der Waals surface area contributed by atoms with Crippen molar-refractivity contribution in [2.45, 2.75) is 6.42 Å². The molecule has 0 radical (unpaired) electrons. The first kappa shape index (κ1) is 19.7. The van der Waals surface area contributed by atoms with Crippen LogP contribution in [0.4, 0.5) is 5.13 Å². The molecule has 2 heterocycles. The third-order valence-corrected chi connectivity index (χ3v) is 5.40. The number of rotatable bonds is 7. The molecule has 0 aliphatic heterocycles. The van der Waals surface area contributed by atoms with Crippen LogP contribution in [-0.2, 0) is 11.2 Å². The molecule has 0 unspecified atom stereocenters. The minimum absolute atomic E-state index is 0.105. The van der Waals surface area contributed by atoms with Crippen LogP contribution in [0.1, 0.15) is 5.56 Å². The first-order chi connectivity index (χ1) is 14.7. The van der Waals surface area contributed by atoms with Gasteiger partial charge in [-0.15, -0.1) is 11.3 Å². The number of benzene rings is 2. The summed E-state index contributed by atoms with van der Waals surface area (Å²) in [6, 6.07) is 17.4. The average Bonchev–Trinajstić information content (AvgIpc) is 3.46. The molecular formula is C23H21N3O3S. The van der Waals surface area contributed by atoms with Gasteiger partial charge in [0.1, 0.15) is 11.5 Å². The molecule has 7 heteroatoms. The van der Waals surface area contributed by atoms with Gasteiger partial charge in [-0.2, -0.15) is 0 Å². The molecule has 1 amide bonds. The fourth-order valence-electron chi connectivity index (χ4n) is 3.11. The number of carbonyl (C=O) groups is 1. The summed E-state index contributed by atoms with van der Waals surface area (Å²) in [5.41, 5.74) is 3.58. The maximum atomic E-state index is 12.5. The van der Waals surface area contributed by atoms with Gasteiger partial charge in [-0.1, -0.05) is 12.1 Å². The summed E-state index contributed by atoms with van der Waals surface area (Å²) < 4.78 is 12.7. The molecule has 152 valence electrons. The quantitative estimate of drug-likeness (QED) is 0.467.